The second kappa shape index (κ2) is 6.53. The van der Waals surface area contributed by atoms with Crippen LogP contribution in [0.3, 0.4) is 0 Å². The molecule has 3 rings (SSSR count). The van der Waals surface area contributed by atoms with Crippen LogP contribution in [-0.2, 0) is 0 Å². The van der Waals surface area contributed by atoms with Crippen molar-refractivity contribution >= 4 is 22.3 Å². The van der Waals surface area contributed by atoms with Gasteiger partial charge in [-0.05, 0) is 38.7 Å². The van der Waals surface area contributed by atoms with E-state index in [1.54, 1.807) is 0 Å². The predicted octanol–water partition coefficient (Wildman–Crippen LogP) is 3.33. The number of rotatable bonds is 4. The number of aryl methyl sites for hydroxylation is 1. The van der Waals surface area contributed by atoms with E-state index in [1.165, 1.54) is 29.2 Å². The number of hydrogen-bond donors (Lipinski definition) is 2. The van der Waals surface area contributed by atoms with Crippen LogP contribution >= 0.6 is 0 Å². The first-order valence-corrected chi connectivity index (χ1v) is 8.19. The molecule has 0 amide bonds. The Labute approximate surface area is 132 Å². The third-order valence-electron chi connectivity index (χ3n) is 4.65. The topological polar surface area (TPSA) is 48.4 Å². The van der Waals surface area contributed by atoms with Crippen molar-refractivity contribution in [2.24, 2.45) is 0 Å². The van der Waals surface area contributed by atoms with E-state index in [2.05, 4.69) is 35.3 Å². The van der Waals surface area contributed by atoms with Gasteiger partial charge in [-0.3, -0.25) is 0 Å². The van der Waals surface area contributed by atoms with E-state index >= 15 is 0 Å². The maximum absolute atomic E-state index is 9.37. The van der Waals surface area contributed by atoms with Crippen molar-refractivity contribution in [3.8, 4) is 0 Å². The molecule has 0 aliphatic carbocycles. The zero-order valence-electron chi connectivity index (χ0n) is 13.5. The molecule has 0 saturated carbocycles. The molecular weight excluding hydrogens is 274 g/mol. The lowest BCUT2D eigenvalue weighted by Crippen LogP contribution is -2.40. The summed E-state index contributed by atoms with van der Waals surface area (Å²) in [5.41, 5.74) is 2.31. The number of piperidine rings is 1. The molecule has 0 spiro atoms. The van der Waals surface area contributed by atoms with Crippen LogP contribution in [0.2, 0.25) is 0 Å². The fourth-order valence-corrected chi connectivity index (χ4v) is 3.50. The van der Waals surface area contributed by atoms with Gasteiger partial charge >= 0.3 is 0 Å². The third kappa shape index (κ3) is 2.75. The highest BCUT2D eigenvalue weighted by atomic mass is 16.3. The van der Waals surface area contributed by atoms with Crippen molar-refractivity contribution in [3.63, 3.8) is 0 Å². The molecule has 22 heavy (non-hydrogen) atoms. The summed E-state index contributed by atoms with van der Waals surface area (Å²) in [6.07, 6.45) is 6.33. The minimum Gasteiger partial charge on any atom is -0.396 e. The zero-order chi connectivity index (χ0) is 15.5. The average molecular weight is 299 g/mol. The summed E-state index contributed by atoms with van der Waals surface area (Å²) in [7, 11) is 1.94. The van der Waals surface area contributed by atoms with Crippen LogP contribution in [0.5, 0.6) is 0 Å². The molecule has 118 valence electrons. The van der Waals surface area contributed by atoms with Gasteiger partial charge < -0.3 is 15.3 Å². The summed E-state index contributed by atoms with van der Waals surface area (Å²) in [6, 6.07) is 6.94. The number of aliphatic hydroxyl groups is 1. The molecule has 2 heterocycles. The Balaban J connectivity index is 2.11. The minimum atomic E-state index is 0.243. The lowest BCUT2D eigenvalue weighted by atomic mass is 9.98. The second-order valence-electron chi connectivity index (χ2n) is 6.15. The fraction of sp³-hybridized carbons (Fsp3) is 0.500. The number of pyridine rings is 1. The third-order valence-corrected chi connectivity index (χ3v) is 4.65. The normalized spacial score (nSPS) is 18.7. The van der Waals surface area contributed by atoms with E-state index in [9.17, 15) is 5.11 Å². The van der Waals surface area contributed by atoms with Gasteiger partial charge in [-0.2, -0.15) is 0 Å². The Morgan fingerprint density at radius 2 is 2.18 bits per heavy atom. The Bertz CT molecular complexity index is 654. The quantitative estimate of drug-likeness (QED) is 0.909. The fourth-order valence-electron chi connectivity index (χ4n) is 3.50. The molecule has 1 saturated heterocycles. The van der Waals surface area contributed by atoms with E-state index < -0.39 is 0 Å². The van der Waals surface area contributed by atoms with E-state index in [1.807, 2.05) is 13.2 Å². The summed E-state index contributed by atoms with van der Waals surface area (Å²) in [4.78, 5) is 7.16. The predicted molar refractivity (Wildman–Crippen MR) is 92.7 cm³/mol. The first-order valence-electron chi connectivity index (χ1n) is 8.19. The molecule has 4 nitrogen and oxygen atoms in total. The molecular formula is C18H25N3O. The molecule has 1 aliphatic heterocycles. The van der Waals surface area contributed by atoms with Gasteiger partial charge in [0, 0.05) is 37.0 Å². The standard InChI is InChI=1S/C18H25N3O/c1-13-6-7-15-16(11-13)18(20-12-17(15)19-2)21-9-4-3-5-14(21)8-10-22/h6-7,11-12,14,19,22H,3-5,8-10H2,1-2H3. The molecule has 1 unspecified atom stereocenters. The molecule has 2 N–H and O–H groups in total. The average Bonchev–Trinajstić information content (AvgIpc) is 2.54. The number of anilines is 2. The summed E-state index contributed by atoms with van der Waals surface area (Å²) in [5.74, 6) is 1.07. The Kier molecular flexibility index (Phi) is 4.48. The summed E-state index contributed by atoms with van der Waals surface area (Å²) in [6.45, 7) is 3.39. The van der Waals surface area contributed by atoms with Crippen molar-refractivity contribution < 1.29 is 5.11 Å². The summed E-state index contributed by atoms with van der Waals surface area (Å²) >= 11 is 0. The Hall–Kier alpha value is -1.81. The number of fused-ring (bicyclic) bond motifs is 1. The van der Waals surface area contributed by atoms with Gasteiger partial charge in [-0.25, -0.2) is 4.98 Å². The minimum absolute atomic E-state index is 0.243. The van der Waals surface area contributed by atoms with Crippen LogP contribution in [0.4, 0.5) is 11.5 Å². The number of nitrogens with one attached hydrogen (secondary N) is 1. The molecule has 0 radical (unpaired) electrons. The smallest absolute Gasteiger partial charge is 0.136 e. The van der Waals surface area contributed by atoms with Crippen LogP contribution in [-0.4, -0.2) is 36.3 Å². The molecule has 1 atom stereocenters. The van der Waals surface area contributed by atoms with Gasteiger partial charge in [-0.15, -0.1) is 0 Å². The van der Waals surface area contributed by atoms with Gasteiger partial charge in [-0.1, -0.05) is 17.7 Å². The largest absolute Gasteiger partial charge is 0.396 e. The molecule has 4 heteroatoms. The number of aromatic nitrogens is 1. The van der Waals surface area contributed by atoms with Crippen LogP contribution in [0, 0.1) is 6.92 Å². The van der Waals surface area contributed by atoms with E-state index in [4.69, 9.17) is 4.98 Å². The molecule has 0 bridgehead atoms. The van der Waals surface area contributed by atoms with Crippen molar-refractivity contribution in [2.75, 3.05) is 30.4 Å². The SMILES string of the molecule is CNc1cnc(N2CCCCC2CCO)c2cc(C)ccc12. The Morgan fingerprint density at radius 1 is 1.32 bits per heavy atom. The van der Waals surface area contributed by atoms with Crippen LogP contribution in [0.1, 0.15) is 31.2 Å². The number of nitrogens with zero attached hydrogens (tertiary/aromatic N) is 2. The van der Waals surface area contributed by atoms with Crippen molar-refractivity contribution in [2.45, 2.75) is 38.6 Å². The van der Waals surface area contributed by atoms with E-state index in [-0.39, 0.29) is 6.61 Å². The molecule has 1 aromatic heterocycles. The van der Waals surface area contributed by atoms with Crippen LogP contribution in [0.25, 0.3) is 10.8 Å². The molecule has 2 aromatic rings. The van der Waals surface area contributed by atoms with Gasteiger partial charge in [0.15, 0.2) is 0 Å². The molecule has 1 aromatic carbocycles. The lowest BCUT2D eigenvalue weighted by Gasteiger charge is -2.37. The zero-order valence-corrected chi connectivity index (χ0v) is 13.5. The van der Waals surface area contributed by atoms with Gasteiger partial charge in [0.2, 0.25) is 0 Å². The number of hydrogen-bond acceptors (Lipinski definition) is 4. The maximum atomic E-state index is 9.37. The number of benzene rings is 1. The van der Waals surface area contributed by atoms with Gasteiger partial charge in [0.1, 0.15) is 5.82 Å². The van der Waals surface area contributed by atoms with Crippen molar-refractivity contribution in [3.05, 3.63) is 30.0 Å². The van der Waals surface area contributed by atoms with Gasteiger partial charge in [0.25, 0.3) is 0 Å². The van der Waals surface area contributed by atoms with E-state index in [0.29, 0.717) is 6.04 Å². The highest BCUT2D eigenvalue weighted by Crippen LogP contribution is 2.34. The monoisotopic (exact) mass is 299 g/mol. The van der Waals surface area contributed by atoms with Crippen LogP contribution < -0.4 is 10.2 Å². The van der Waals surface area contributed by atoms with Gasteiger partial charge in [0.05, 0.1) is 11.9 Å². The first kappa shape index (κ1) is 15.1. The van der Waals surface area contributed by atoms with Crippen LogP contribution in [0.15, 0.2) is 24.4 Å². The van der Waals surface area contributed by atoms with Crippen molar-refractivity contribution in [1.82, 2.24) is 4.98 Å². The molecule has 1 aliphatic rings. The lowest BCUT2D eigenvalue weighted by molar-refractivity contribution is 0.262. The van der Waals surface area contributed by atoms with E-state index in [0.717, 1.165) is 30.9 Å². The second-order valence-corrected chi connectivity index (χ2v) is 6.15. The highest BCUT2D eigenvalue weighted by Gasteiger charge is 2.25. The highest BCUT2D eigenvalue weighted by molar-refractivity contribution is 6.00. The first-order chi connectivity index (χ1) is 10.7. The summed E-state index contributed by atoms with van der Waals surface area (Å²) < 4.78 is 0. The Morgan fingerprint density at radius 3 is 2.95 bits per heavy atom. The maximum Gasteiger partial charge on any atom is 0.136 e. The molecule has 1 fully saturated rings. The van der Waals surface area contributed by atoms with Crippen molar-refractivity contribution in [1.29, 1.82) is 0 Å². The number of aliphatic hydroxyl groups excluding tert-OH is 1. The summed E-state index contributed by atoms with van der Waals surface area (Å²) in [5, 5.41) is 15.0.